The summed E-state index contributed by atoms with van der Waals surface area (Å²) >= 11 is 0. The molecule has 4 rings (SSSR count). The minimum absolute atomic E-state index is 0.0270. The first kappa shape index (κ1) is 23.3. The number of β-amino-alcohol motifs (C(OH)–C–C–N with tert-alkyl or cyclic N) is 1. The third-order valence-corrected chi connectivity index (χ3v) is 6.15. The lowest BCUT2D eigenvalue weighted by Crippen LogP contribution is -2.33. The first-order valence-electron chi connectivity index (χ1n) is 10.0. The Morgan fingerprint density at radius 2 is 2.00 bits per heavy atom. The van der Waals surface area contributed by atoms with E-state index in [1.165, 1.54) is 12.3 Å². The molecule has 170 valence electrons. The number of likely N-dealkylation sites (tertiary alicyclic amines) is 1. The summed E-state index contributed by atoms with van der Waals surface area (Å²) in [6, 6.07) is 11.1. The van der Waals surface area contributed by atoms with Crippen molar-refractivity contribution < 1.29 is 29.0 Å². The lowest BCUT2D eigenvalue weighted by atomic mass is 9.95. The molecule has 2 fully saturated rings. The molecule has 4 atom stereocenters. The number of aromatic nitrogens is 1. The smallest absolute Gasteiger partial charge is 0.290 e. The molecule has 1 aliphatic carbocycles. The standard InChI is InChI=1S/C21H23FN4O3.CH2O2/c22-16-9-24-7-6-14(16)20(29)25-8-15-19(13-4-2-1-3-5-13)21(15)12-26(10-17(21)27)11-18(23)28;2-1-3/h1-7,9,15,17,19,27H,8,10-12H2,(H2,23,28)(H,25,29);1H,(H,2,3)/t15-,17-,19-,21-;/m1./s1. The zero-order valence-electron chi connectivity index (χ0n) is 17.2. The van der Waals surface area contributed by atoms with Crippen molar-refractivity contribution in [3.63, 3.8) is 0 Å². The summed E-state index contributed by atoms with van der Waals surface area (Å²) < 4.78 is 13.8. The Morgan fingerprint density at radius 1 is 1.31 bits per heavy atom. The number of carbonyl (C=O) groups is 3. The minimum Gasteiger partial charge on any atom is -0.483 e. The maximum Gasteiger partial charge on any atom is 0.290 e. The van der Waals surface area contributed by atoms with Gasteiger partial charge in [-0.15, -0.1) is 0 Å². The van der Waals surface area contributed by atoms with E-state index in [2.05, 4.69) is 10.3 Å². The van der Waals surface area contributed by atoms with Crippen LogP contribution in [-0.2, 0) is 9.59 Å². The minimum atomic E-state index is -0.677. The Kier molecular flexibility index (Phi) is 7.16. The number of hydrogen-bond acceptors (Lipinski definition) is 6. The molecule has 1 aliphatic heterocycles. The van der Waals surface area contributed by atoms with Gasteiger partial charge in [0.1, 0.15) is 0 Å². The van der Waals surface area contributed by atoms with Crippen LogP contribution in [0, 0.1) is 17.2 Å². The van der Waals surface area contributed by atoms with Gasteiger partial charge in [-0.25, -0.2) is 4.39 Å². The third-order valence-electron chi connectivity index (χ3n) is 6.15. The SMILES string of the molecule is NC(=O)CN1C[C@@H](O)[C@@]2(C1)[C@H](CNC(=O)c1ccncc1F)[C@H]2c1ccccc1.O=CO. The van der Waals surface area contributed by atoms with Crippen molar-refractivity contribution in [2.75, 3.05) is 26.2 Å². The molecule has 5 N–H and O–H groups in total. The number of nitrogens with one attached hydrogen (secondary N) is 1. The van der Waals surface area contributed by atoms with Crippen molar-refractivity contribution in [3.05, 3.63) is 65.7 Å². The van der Waals surface area contributed by atoms with Gasteiger partial charge in [0, 0.05) is 31.2 Å². The number of rotatable bonds is 6. The van der Waals surface area contributed by atoms with Gasteiger partial charge in [-0.1, -0.05) is 30.3 Å². The van der Waals surface area contributed by atoms with Gasteiger partial charge in [-0.05, 0) is 23.5 Å². The Hall–Kier alpha value is -3.37. The first-order valence-corrected chi connectivity index (χ1v) is 10.0. The van der Waals surface area contributed by atoms with E-state index in [-0.39, 0.29) is 30.4 Å². The summed E-state index contributed by atoms with van der Waals surface area (Å²) in [4.78, 5) is 37.6. The number of primary amides is 1. The molecule has 0 bridgehead atoms. The highest BCUT2D eigenvalue weighted by Crippen LogP contribution is 2.68. The van der Waals surface area contributed by atoms with E-state index in [9.17, 15) is 19.1 Å². The lowest BCUT2D eigenvalue weighted by Gasteiger charge is -2.16. The predicted molar refractivity (Wildman–Crippen MR) is 112 cm³/mol. The van der Waals surface area contributed by atoms with E-state index in [0.717, 1.165) is 11.8 Å². The summed E-state index contributed by atoms with van der Waals surface area (Å²) in [5.74, 6) is -1.64. The van der Waals surface area contributed by atoms with Crippen LogP contribution in [0.2, 0.25) is 0 Å². The van der Waals surface area contributed by atoms with Crippen LogP contribution in [-0.4, -0.2) is 70.7 Å². The molecule has 1 saturated carbocycles. The third kappa shape index (κ3) is 4.61. The average Bonchev–Trinajstić information content (AvgIpc) is 3.29. The number of hydrogen-bond donors (Lipinski definition) is 4. The number of amides is 2. The van der Waals surface area contributed by atoms with Gasteiger partial charge in [0.15, 0.2) is 5.82 Å². The number of benzene rings is 1. The molecule has 1 aromatic carbocycles. The lowest BCUT2D eigenvalue weighted by molar-refractivity contribution is -0.123. The summed E-state index contributed by atoms with van der Waals surface area (Å²) in [5, 5.41) is 20.5. The van der Waals surface area contributed by atoms with Crippen LogP contribution in [0.4, 0.5) is 4.39 Å². The van der Waals surface area contributed by atoms with E-state index in [1.807, 2.05) is 35.2 Å². The monoisotopic (exact) mass is 444 g/mol. The maximum atomic E-state index is 13.8. The highest BCUT2D eigenvalue weighted by Gasteiger charge is 2.71. The van der Waals surface area contributed by atoms with Gasteiger partial charge in [0.05, 0.1) is 24.4 Å². The number of halogens is 1. The van der Waals surface area contributed by atoms with Crippen molar-refractivity contribution in [1.82, 2.24) is 15.2 Å². The zero-order chi connectivity index (χ0) is 23.3. The number of aliphatic hydroxyl groups excluding tert-OH is 1. The molecule has 0 radical (unpaired) electrons. The Bertz CT molecular complexity index is 976. The highest BCUT2D eigenvalue weighted by atomic mass is 19.1. The second-order valence-corrected chi connectivity index (χ2v) is 7.93. The average molecular weight is 444 g/mol. The molecule has 0 unspecified atom stereocenters. The molecule has 2 amide bonds. The molecule has 1 spiro atoms. The van der Waals surface area contributed by atoms with Crippen LogP contribution < -0.4 is 11.1 Å². The van der Waals surface area contributed by atoms with E-state index in [1.54, 1.807) is 0 Å². The largest absolute Gasteiger partial charge is 0.483 e. The number of carbonyl (C=O) groups excluding carboxylic acids is 2. The van der Waals surface area contributed by atoms with E-state index >= 15 is 0 Å². The molecule has 9 nitrogen and oxygen atoms in total. The number of carboxylic acid groups (broad SMARTS) is 1. The zero-order valence-corrected chi connectivity index (χ0v) is 17.2. The van der Waals surface area contributed by atoms with Crippen molar-refractivity contribution >= 4 is 18.3 Å². The predicted octanol–water partition coefficient (Wildman–Crippen LogP) is 0.213. The van der Waals surface area contributed by atoms with Crippen LogP contribution in [0.3, 0.4) is 0 Å². The molecule has 2 aromatic rings. The van der Waals surface area contributed by atoms with Crippen LogP contribution >= 0.6 is 0 Å². The molecule has 32 heavy (non-hydrogen) atoms. The number of aliphatic hydroxyl groups is 1. The first-order chi connectivity index (χ1) is 15.3. The second-order valence-electron chi connectivity index (χ2n) is 7.93. The van der Waals surface area contributed by atoms with Gasteiger partial charge in [-0.3, -0.25) is 24.3 Å². The van der Waals surface area contributed by atoms with Gasteiger partial charge in [-0.2, -0.15) is 0 Å². The molecular formula is C22H25FN4O5. The summed E-state index contributed by atoms with van der Waals surface area (Å²) in [6.45, 7) is 1.000. The van der Waals surface area contributed by atoms with Crippen molar-refractivity contribution in [3.8, 4) is 0 Å². The molecular weight excluding hydrogens is 419 g/mol. The van der Waals surface area contributed by atoms with Crippen LogP contribution in [0.1, 0.15) is 21.8 Å². The van der Waals surface area contributed by atoms with Gasteiger partial charge in [0.2, 0.25) is 5.91 Å². The van der Waals surface area contributed by atoms with Crippen LogP contribution in [0.5, 0.6) is 0 Å². The Morgan fingerprint density at radius 3 is 2.62 bits per heavy atom. The fourth-order valence-corrected chi connectivity index (χ4v) is 4.89. The topological polar surface area (TPSA) is 146 Å². The quantitative estimate of drug-likeness (QED) is 0.466. The van der Waals surface area contributed by atoms with Crippen LogP contribution in [0.15, 0.2) is 48.8 Å². The Balaban J connectivity index is 0.000000913. The maximum absolute atomic E-state index is 13.8. The van der Waals surface area contributed by atoms with Gasteiger partial charge >= 0.3 is 0 Å². The molecule has 2 aliphatic rings. The Labute approximate surface area is 184 Å². The number of pyridine rings is 1. The second kappa shape index (κ2) is 9.84. The normalized spacial score (nSPS) is 26.1. The van der Waals surface area contributed by atoms with Crippen molar-refractivity contribution in [2.24, 2.45) is 17.1 Å². The fraction of sp³-hybridized carbons (Fsp3) is 0.364. The van der Waals surface area contributed by atoms with E-state index in [0.29, 0.717) is 19.6 Å². The van der Waals surface area contributed by atoms with E-state index in [4.69, 9.17) is 15.6 Å². The highest BCUT2D eigenvalue weighted by molar-refractivity contribution is 5.94. The summed E-state index contributed by atoms with van der Waals surface area (Å²) in [7, 11) is 0. The van der Waals surface area contributed by atoms with Crippen molar-refractivity contribution in [1.29, 1.82) is 0 Å². The summed E-state index contributed by atoms with van der Waals surface area (Å²) in [5.41, 5.74) is 5.86. The molecule has 1 saturated heterocycles. The van der Waals surface area contributed by atoms with Gasteiger partial charge in [0.25, 0.3) is 12.4 Å². The number of nitrogens with zero attached hydrogens (tertiary/aromatic N) is 2. The van der Waals surface area contributed by atoms with E-state index < -0.39 is 29.2 Å². The molecule has 2 heterocycles. The molecule has 10 heteroatoms. The number of nitrogens with two attached hydrogens (primary N) is 1. The molecule has 1 aromatic heterocycles. The fourth-order valence-electron chi connectivity index (χ4n) is 4.89. The van der Waals surface area contributed by atoms with Crippen LogP contribution in [0.25, 0.3) is 0 Å². The van der Waals surface area contributed by atoms with Gasteiger partial charge < -0.3 is 21.3 Å². The summed E-state index contributed by atoms with van der Waals surface area (Å²) in [6.07, 6.45) is 1.72. The van der Waals surface area contributed by atoms with Crippen molar-refractivity contribution in [2.45, 2.75) is 12.0 Å².